The van der Waals surface area contributed by atoms with Crippen molar-refractivity contribution in [1.29, 1.82) is 0 Å². The number of hydrogen-bond donors (Lipinski definition) is 1. The zero-order valence-electron chi connectivity index (χ0n) is 17.3. The van der Waals surface area contributed by atoms with E-state index in [1.54, 1.807) is 6.92 Å². The highest BCUT2D eigenvalue weighted by atomic mass is 16.5. The lowest BCUT2D eigenvalue weighted by Gasteiger charge is -2.33. The first-order valence-electron chi connectivity index (χ1n) is 10.3. The molecular formula is C24H30N2O3. The van der Waals surface area contributed by atoms with Crippen LogP contribution in [-0.4, -0.2) is 42.3 Å². The summed E-state index contributed by atoms with van der Waals surface area (Å²) in [6.07, 6.45) is 2.33. The number of benzene rings is 2. The van der Waals surface area contributed by atoms with E-state index >= 15 is 0 Å². The summed E-state index contributed by atoms with van der Waals surface area (Å²) in [6.45, 7) is 6.30. The van der Waals surface area contributed by atoms with Crippen LogP contribution < -0.4 is 10.1 Å². The van der Waals surface area contributed by atoms with Crippen LogP contribution in [0, 0.1) is 0 Å². The highest BCUT2D eigenvalue weighted by Gasteiger charge is 2.20. The molecular weight excluding hydrogens is 364 g/mol. The molecule has 0 aliphatic carbocycles. The number of ketones is 1. The molecule has 0 saturated heterocycles. The molecule has 0 radical (unpaired) electrons. The van der Waals surface area contributed by atoms with Crippen molar-refractivity contribution in [3.05, 3.63) is 65.2 Å². The van der Waals surface area contributed by atoms with Gasteiger partial charge in [0.2, 0.25) is 0 Å². The van der Waals surface area contributed by atoms with Gasteiger partial charge in [0, 0.05) is 32.1 Å². The van der Waals surface area contributed by atoms with Crippen molar-refractivity contribution in [3.8, 4) is 5.75 Å². The first kappa shape index (κ1) is 21.1. The maximum atomic E-state index is 12.2. The van der Waals surface area contributed by atoms with Crippen LogP contribution in [0.25, 0.3) is 0 Å². The lowest BCUT2D eigenvalue weighted by atomic mass is 9.99. The summed E-state index contributed by atoms with van der Waals surface area (Å²) in [5.41, 5.74) is 3.90. The van der Waals surface area contributed by atoms with Crippen molar-refractivity contribution < 1.29 is 14.3 Å². The lowest BCUT2D eigenvalue weighted by Crippen LogP contribution is -2.45. The molecule has 1 heterocycles. The minimum atomic E-state index is -0.116. The topological polar surface area (TPSA) is 58.6 Å². The summed E-state index contributed by atoms with van der Waals surface area (Å²) in [5.74, 6) is 0.729. The van der Waals surface area contributed by atoms with Gasteiger partial charge in [-0.2, -0.15) is 0 Å². The Balaban J connectivity index is 1.38. The molecule has 3 rings (SSSR count). The Labute approximate surface area is 173 Å². The van der Waals surface area contributed by atoms with Gasteiger partial charge in [0.05, 0.1) is 0 Å². The molecule has 2 aromatic rings. The first-order chi connectivity index (χ1) is 14.0. The molecule has 1 aliphatic heterocycles. The molecule has 5 heteroatoms. The van der Waals surface area contributed by atoms with Gasteiger partial charge in [-0.25, -0.2) is 0 Å². The molecule has 1 atom stereocenters. The van der Waals surface area contributed by atoms with E-state index in [4.69, 9.17) is 4.74 Å². The molecule has 0 bridgehead atoms. The molecule has 154 valence electrons. The van der Waals surface area contributed by atoms with E-state index in [2.05, 4.69) is 41.4 Å². The fourth-order valence-corrected chi connectivity index (χ4v) is 3.56. The number of ether oxygens (including phenoxy) is 1. The van der Waals surface area contributed by atoms with Crippen LogP contribution in [-0.2, 0) is 29.0 Å². The van der Waals surface area contributed by atoms with Crippen LogP contribution in [0.15, 0.2) is 48.5 Å². The van der Waals surface area contributed by atoms with E-state index in [-0.39, 0.29) is 24.3 Å². The number of nitrogens with zero attached hydrogens (tertiary/aromatic N) is 1. The third-order valence-corrected chi connectivity index (χ3v) is 5.44. The average molecular weight is 395 g/mol. The number of fused-ring (bicyclic) bond motifs is 1. The van der Waals surface area contributed by atoms with Gasteiger partial charge in [0.1, 0.15) is 11.5 Å². The standard InChI is InChI=1S/C24H30N2O3/c1-18(26-14-13-21-5-3-4-6-22(21)16-26)15-25-24(28)17-29-23-11-9-20(10-12-23)8-7-19(2)27/h3-6,9-12,18H,7-8,13-17H2,1-2H3,(H,25,28). The minimum Gasteiger partial charge on any atom is -0.484 e. The number of carbonyl (C=O) groups is 2. The van der Waals surface area contributed by atoms with Gasteiger partial charge in [-0.3, -0.25) is 9.69 Å². The normalized spacial score (nSPS) is 14.7. The molecule has 2 aromatic carbocycles. The van der Waals surface area contributed by atoms with Gasteiger partial charge in [-0.05, 0) is 55.5 Å². The predicted molar refractivity (Wildman–Crippen MR) is 114 cm³/mol. The molecule has 1 unspecified atom stereocenters. The van der Waals surface area contributed by atoms with Crippen molar-refractivity contribution in [2.24, 2.45) is 0 Å². The van der Waals surface area contributed by atoms with Crippen LogP contribution in [0.3, 0.4) is 0 Å². The van der Waals surface area contributed by atoms with E-state index < -0.39 is 0 Å². The zero-order valence-corrected chi connectivity index (χ0v) is 17.3. The molecule has 0 spiro atoms. The highest BCUT2D eigenvalue weighted by Crippen LogP contribution is 2.20. The number of Topliss-reactive ketones (excluding diaryl/α,β-unsaturated/α-hetero) is 1. The molecule has 0 aromatic heterocycles. The molecule has 1 amide bonds. The SMILES string of the molecule is CC(=O)CCc1ccc(OCC(=O)NCC(C)N2CCc3ccccc3C2)cc1. The Hall–Kier alpha value is -2.66. The Kier molecular flexibility index (Phi) is 7.42. The zero-order chi connectivity index (χ0) is 20.6. The summed E-state index contributed by atoms with van der Waals surface area (Å²) in [7, 11) is 0. The Morgan fingerprint density at radius 2 is 1.83 bits per heavy atom. The van der Waals surface area contributed by atoms with Gasteiger partial charge in [0.25, 0.3) is 5.91 Å². The fourth-order valence-electron chi connectivity index (χ4n) is 3.56. The van der Waals surface area contributed by atoms with Crippen LogP contribution in [0.5, 0.6) is 5.75 Å². The largest absolute Gasteiger partial charge is 0.484 e. The number of aryl methyl sites for hydroxylation is 1. The summed E-state index contributed by atoms with van der Waals surface area (Å²) >= 11 is 0. The number of nitrogens with one attached hydrogen (secondary N) is 1. The van der Waals surface area contributed by atoms with E-state index in [1.165, 1.54) is 11.1 Å². The van der Waals surface area contributed by atoms with Crippen molar-refractivity contribution in [2.75, 3.05) is 19.7 Å². The quantitative estimate of drug-likeness (QED) is 0.710. The Morgan fingerprint density at radius 1 is 1.10 bits per heavy atom. The van der Waals surface area contributed by atoms with Crippen LogP contribution in [0.2, 0.25) is 0 Å². The third kappa shape index (κ3) is 6.43. The number of rotatable bonds is 9. The van der Waals surface area contributed by atoms with Gasteiger partial charge in [-0.1, -0.05) is 36.4 Å². The van der Waals surface area contributed by atoms with Crippen LogP contribution in [0.4, 0.5) is 0 Å². The van der Waals surface area contributed by atoms with Crippen molar-refractivity contribution in [3.63, 3.8) is 0 Å². The second-order valence-corrected chi connectivity index (χ2v) is 7.78. The van der Waals surface area contributed by atoms with Gasteiger partial charge < -0.3 is 14.8 Å². The number of carbonyl (C=O) groups excluding carboxylic acids is 2. The molecule has 0 saturated carbocycles. The van der Waals surface area contributed by atoms with Crippen LogP contribution in [0.1, 0.15) is 37.0 Å². The predicted octanol–water partition coefficient (Wildman–Crippen LogP) is 3.15. The number of amides is 1. The Morgan fingerprint density at radius 3 is 2.55 bits per heavy atom. The van der Waals surface area contributed by atoms with Gasteiger partial charge in [-0.15, -0.1) is 0 Å². The second-order valence-electron chi connectivity index (χ2n) is 7.78. The lowest BCUT2D eigenvalue weighted by molar-refractivity contribution is -0.123. The van der Waals surface area contributed by atoms with Gasteiger partial charge >= 0.3 is 0 Å². The molecule has 5 nitrogen and oxygen atoms in total. The molecule has 1 N–H and O–H groups in total. The highest BCUT2D eigenvalue weighted by molar-refractivity contribution is 5.77. The smallest absolute Gasteiger partial charge is 0.257 e. The summed E-state index contributed by atoms with van der Waals surface area (Å²) in [4.78, 5) is 25.6. The summed E-state index contributed by atoms with van der Waals surface area (Å²) < 4.78 is 5.58. The second kappa shape index (κ2) is 10.2. The number of hydrogen-bond acceptors (Lipinski definition) is 4. The van der Waals surface area contributed by atoms with Crippen LogP contribution >= 0.6 is 0 Å². The molecule has 29 heavy (non-hydrogen) atoms. The van der Waals surface area contributed by atoms with E-state index in [0.29, 0.717) is 18.7 Å². The van der Waals surface area contributed by atoms with Gasteiger partial charge in [0.15, 0.2) is 6.61 Å². The minimum absolute atomic E-state index is 0.00233. The summed E-state index contributed by atoms with van der Waals surface area (Å²) in [6, 6.07) is 16.4. The van der Waals surface area contributed by atoms with Crippen molar-refractivity contribution in [1.82, 2.24) is 10.2 Å². The maximum Gasteiger partial charge on any atom is 0.257 e. The molecule has 1 aliphatic rings. The van der Waals surface area contributed by atoms with E-state index in [1.807, 2.05) is 24.3 Å². The molecule has 0 fully saturated rings. The first-order valence-corrected chi connectivity index (χ1v) is 10.3. The monoisotopic (exact) mass is 394 g/mol. The van der Waals surface area contributed by atoms with Crippen molar-refractivity contribution in [2.45, 2.75) is 45.7 Å². The third-order valence-electron chi connectivity index (χ3n) is 5.44. The summed E-state index contributed by atoms with van der Waals surface area (Å²) in [5, 5.41) is 2.98. The average Bonchev–Trinajstić information content (AvgIpc) is 2.74. The Bertz CT molecular complexity index is 832. The van der Waals surface area contributed by atoms with E-state index in [9.17, 15) is 9.59 Å². The maximum absolute atomic E-state index is 12.2. The fraction of sp³-hybridized carbons (Fsp3) is 0.417. The van der Waals surface area contributed by atoms with Crippen molar-refractivity contribution >= 4 is 11.7 Å². The van der Waals surface area contributed by atoms with E-state index in [0.717, 1.165) is 31.5 Å².